The van der Waals surface area contributed by atoms with Gasteiger partial charge in [-0.05, 0) is 19.1 Å². The van der Waals surface area contributed by atoms with E-state index in [1.54, 1.807) is 24.3 Å². The molecule has 8 nitrogen and oxygen atoms in total. The Morgan fingerprint density at radius 3 is 2.76 bits per heavy atom. The number of ether oxygens (including phenoxy) is 1. The first-order valence-corrected chi connectivity index (χ1v) is 8.36. The zero-order valence-electron chi connectivity index (χ0n) is 14.2. The van der Waals surface area contributed by atoms with E-state index >= 15 is 0 Å². The zero-order chi connectivity index (χ0) is 17.8. The highest BCUT2D eigenvalue weighted by Gasteiger charge is 2.18. The molecule has 1 aliphatic rings. The van der Waals surface area contributed by atoms with Gasteiger partial charge in [0.2, 0.25) is 5.91 Å². The molecule has 1 aromatic heterocycles. The van der Waals surface area contributed by atoms with Crippen molar-refractivity contribution in [3.63, 3.8) is 0 Å². The molecule has 8 heteroatoms. The third kappa shape index (κ3) is 3.97. The van der Waals surface area contributed by atoms with Gasteiger partial charge in [0.15, 0.2) is 0 Å². The van der Waals surface area contributed by atoms with E-state index in [0.717, 1.165) is 13.1 Å². The largest absolute Gasteiger partial charge is 0.379 e. The number of para-hydroxylation sites is 1. The van der Waals surface area contributed by atoms with Crippen molar-refractivity contribution in [1.29, 1.82) is 0 Å². The van der Waals surface area contributed by atoms with Crippen LogP contribution in [0.3, 0.4) is 0 Å². The van der Waals surface area contributed by atoms with Crippen LogP contribution in [0.5, 0.6) is 0 Å². The highest BCUT2D eigenvalue weighted by atomic mass is 16.5. The summed E-state index contributed by atoms with van der Waals surface area (Å²) < 4.78 is 6.61. The lowest BCUT2D eigenvalue weighted by molar-refractivity contribution is -0.122. The van der Waals surface area contributed by atoms with Crippen LogP contribution in [0, 0.1) is 0 Å². The number of nitrogens with one attached hydrogen (secondary N) is 2. The molecule has 0 saturated carbocycles. The standard InChI is InChI=1S/C17H22N4O4/c1-12(20-6-8-25-9-7-20)10-18-15(22)11-21-14-5-3-2-4-13(14)16(23)19-17(21)24/h2-5,12H,6-11H2,1H3,(H,18,22)(H,19,23,24)/t12-/m0/s1. The monoisotopic (exact) mass is 346 g/mol. The number of carbonyl (C=O) groups excluding carboxylic acids is 1. The van der Waals surface area contributed by atoms with E-state index in [4.69, 9.17) is 4.74 Å². The summed E-state index contributed by atoms with van der Waals surface area (Å²) in [6.07, 6.45) is 0. The highest BCUT2D eigenvalue weighted by Crippen LogP contribution is 2.06. The first-order valence-electron chi connectivity index (χ1n) is 8.36. The molecule has 1 amide bonds. The maximum atomic E-state index is 12.3. The summed E-state index contributed by atoms with van der Waals surface area (Å²) in [5.74, 6) is -0.264. The van der Waals surface area contributed by atoms with Crippen molar-refractivity contribution < 1.29 is 9.53 Å². The third-order valence-corrected chi connectivity index (χ3v) is 4.47. The van der Waals surface area contributed by atoms with Gasteiger partial charge in [-0.3, -0.25) is 24.0 Å². The summed E-state index contributed by atoms with van der Waals surface area (Å²) in [5.41, 5.74) is -0.578. The molecule has 1 saturated heterocycles. The summed E-state index contributed by atoms with van der Waals surface area (Å²) in [4.78, 5) is 40.7. The first kappa shape index (κ1) is 17.4. The Bertz CT molecular complexity index is 867. The molecule has 1 fully saturated rings. The van der Waals surface area contributed by atoms with Crippen molar-refractivity contribution in [3.05, 3.63) is 45.1 Å². The number of aromatic amines is 1. The number of morpholine rings is 1. The van der Waals surface area contributed by atoms with E-state index < -0.39 is 11.2 Å². The second-order valence-corrected chi connectivity index (χ2v) is 6.16. The number of amides is 1. The summed E-state index contributed by atoms with van der Waals surface area (Å²) in [6.45, 7) is 5.52. The minimum Gasteiger partial charge on any atom is -0.379 e. The number of hydrogen-bond donors (Lipinski definition) is 2. The van der Waals surface area contributed by atoms with E-state index in [2.05, 4.69) is 15.2 Å². The predicted molar refractivity (Wildman–Crippen MR) is 93.7 cm³/mol. The number of hydrogen-bond acceptors (Lipinski definition) is 5. The smallest absolute Gasteiger partial charge is 0.329 e. The Morgan fingerprint density at radius 2 is 2.00 bits per heavy atom. The van der Waals surface area contributed by atoms with Crippen molar-refractivity contribution in [2.75, 3.05) is 32.8 Å². The zero-order valence-corrected chi connectivity index (χ0v) is 14.2. The molecule has 0 aliphatic carbocycles. The second kappa shape index (κ2) is 7.62. The number of fused-ring (bicyclic) bond motifs is 1. The van der Waals surface area contributed by atoms with Crippen LogP contribution >= 0.6 is 0 Å². The SMILES string of the molecule is C[C@@H](CNC(=O)Cn1c(=O)[nH]c(=O)c2ccccc21)N1CCOCC1. The predicted octanol–water partition coefficient (Wildman–Crippen LogP) is -0.473. The minimum absolute atomic E-state index is 0.133. The summed E-state index contributed by atoms with van der Waals surface area (Å²) in [6, 6.07) is 6.93. The van der Waals surface area contributed by atoms with E-state index in [1.165, 1.54) is 4.57 Å². The van der Waals surface area contributed by atoms with Gasteiger partial charge in [0.25, 0.3) is 5.56 Å². The lowest BCUT2D eigenvalue weighted by Gasteiger charge is -2.32. The Labute approximate surface area is 144 Å². The fourth-order valence-electron chi connectivity index (χ4n) is 3.01. The van der Waals surface area contributed by atoms with E-state index in [-0.39, 0.29) is 18.5 Å². The third-order valence-electron chi connectivity index (χ3n) is 4.47. The van der Waals surface area contributed by atoms with Crippen molar-refractivity contribution in [2.24, 2.45) is 0 Å². The summed E-state index contributed by atoms with van der Waals surface area (Å²) in [5, 5.41) is 3.25. The van der Waals surface area contributed by atoms with Gasteiger partial charge < -0.3 is 10.1 Å². The number of H-pyrrole nitrogens is 1. The number of rotatable bonds is 5. The number of aromatic nitrogens is 2. The van der Waals surface area contributed by atoms with Crippen LogP contribution in [0.1, 0.15) is 6.92 Å². The average molecular weight is 346 g/mol. The van der Waals surface area contributed by atoms with Crippen LogP contribution in [0.2, 0.25) is 0 Å². The van der Waals surface area contributed by atoms with Crippen LogP contribution in [0.25, 0.3) is 10.9 Å². The molecule has 2 N–H and O–H groups in total. The van der Waals surface area contributed by atoms with Crippen LogP contribution in [0.4, 0.5) is 0 Å². The molecule has 0 unspecified atom stereocenters. The lowest BCUT2D eigenvalue weighted by Crippen LogP contribution is -2.48. The minimum atomic E-state index is -0.583. The first-order chi connectivity index (χ1) is 12.1. The Hall–Kier alpha value is -2.45. The van der Waals surface area contributed by atoms with Crippen LogP contribution in [-0.2, 0) is 16.1 Å². The average Bonchev–Trinajstić information content (AvgIpc) is 2.64. The number of benzene rings is 1. The van der Waals surface area contributed by atoms with Gasteiger partial charge in [0.1, 0.15) is 6.54 Å². The van der Waals surface area contributed by atoms with Crippen molar-refractivity contribution in [2.45, 2.75) is 19.5 Å². The molecular weight excluding hydrogens is 324 g/mol. The Morgan fingerprint density at radius 1 is 1.28 bits per heavy atom. The Kier molecular flexibility index (Phi) is 5.30. The van der Waals surface area contributed by atoms with Gasteiger partial charge >= 0.3 is 5.69 Å². The molecule has 134 valence electrons. The quantitative estimate of drug-likeness (QED) is 0.763. The highest BCUT2D eigenvalue weighted by molar-refractivity contribution is 5.81. The van der Waals surface area contributed by atoms with Gasteiger partial charge in [-0.2, -0.15) is 0 Å². The maximum absolute atomic E-state index is 12.3. The van der Waals surface area contributed by atoms with Gasteiger partial charge in [-0.15, -0.1) is 0 Å². The Balaban J connectivity index is 1.68. The van der Waals surface area contributed by atoms with Gasteiger partial charge in [-0.25, -0.2) is 4.79 Å². The molecule has 1 atom stereocenters. The molecule has 0 spiro atoms. The maximum Gasteiger partial charge on any atom is 0.329 e. The number of carbonyl (C=O) groups is 1. The van der Waals surface area contributed by atoms with E-state index in [0.29, 0.717) is 30.7 Å². The van der Waals surface area contributed by atoms with E-state index in [9.17, 15) is 14.4 Å². The van der Waals surface area contributed by atoms with E-state index in [1.807, 2.05) is 6.92 Å². The molecule has 0 bridgehead atoms. The summed E-state index contributed by atoms with van der Waals surface area (Å²) >= 11 is 0. The molecule has 2 heterocycles. The van der Waals surface area contributed by atoms with Crippen molar-refractivity contribution in [3.8, 4) is 0 Å². The molecule has 0 radical (unpaired) electrons. The molecule has 3 rings (SSSR count). The molecular formula is C17H22N4O4. The fourth-order valence-corrected chi connectivity index (χ4v) is 3.01. The van der Waals surface area contributed by atoms with Crippen LogP contribution in [0.15, 0.2) is 33.9 Å². The molecule has 25 heavy (non-hydrogen) atoms. The topological polar surface area (TPSA) is 96.4 Å². The lowest BCUT2D eigenvalue weighted by atomic mass is 10.2. The fraction of sp³-hybridized carbons (Fsp3) is 0.471. The molecule has 2 aromatic rings. The van der Waals surface area contributed by atoms with Crippen molar-refractivity contribution in [1.82, 2.24) is 19.8 Å². The van der Waals surface area contributed by atoms with Gasteiger partial charge in [0.05, 0.1) is 24.1 Å². The van der Waals surface area contributed by atoms with Crippen molar-refractivity contribution >= 4 is 16.8 Å². The molecule has 1 aromatic carbocycles. The number of nitrogens with zero attached hydrogens (tertiary/aromatic N) is 2. The van der Waals surface area contributed by atoms with Gasteiger partial charge in [-0.1, -0.05) is 12.1 Å². The molecule has 1 aliphatic heterocycles. The van der Waals surface area contributed by atoms with Crippen LogP contribution < -0.4 is 16.6 Å². The second-order valence-electron chi connectivity index (χ2n) is 6.16. The van der Waals surface area contributed by atoms with Crippen LogP contribution in [-0.4, -0.2) is 59.2 Å². The van der Waals surface area contributed by atoms with Gasteiger partial charge in [0, 0.05) is 25.7 Å². The normalized spacial score (nSPS) is 16.7. The summed E-state index contributed by atoms with van der Waals surface area (Å²) in [7, 11) is 0.